The topological polar surface area (TPSA) is 20.3 Å². The maximum atomic E-state index is 12.6. The quantitative estimate of drug-likeness (QED) is 0.752. The molecule has 1 saturated carbocycles. The number of rotatable bonds is 1. The molecule has 0 bridgehead atoms. The Hall–Kier alpha value is -0.350. The largest absolute Gasteiger partial charge is 0.335 e. The highest BCUT2D eigenvalue weighted by atomic mass is 79.9. The van der Waals surface area contributed by atoms with Crippen LogP contribution in [0.3, 0.4) is 0 Å². The summed E-state index contributed by atoms with van der Waals surface area (Å²) in [6.45, 7) is 0.952. The molecule has 1 aliphatic carbocycles. The Labute approximate surface area is 120 Å². The number of halogens is 1. The molecule has 0 aromatic carbocycles. The number of fused-ring (bicyclic) bond motifs is 1. The number of hydrogen-bond donors (Lipinski definition) is 0. The van der Waals surface area contributed by atoms with E-state index < -0.39 is 0 Å². The van der Waals surface area contributed by atoms with E-state index in [1.54, 1.807) is 11.3 Å². The van der Waals surface area contributed by atoms with Gasteiger partial charge in [-0.1, -0.05) is 12.8 Å². The number of hydrogen-bond acceptors (Lipinski definition) is 2. The Kier molecular flexibility index (Phi) is 3.76. The van der Waals surface area contributed by atoms with Crippen LogP contribution in [0.1, 0.15) is 48.9 Å². The summed E-state index contributed by atoms with van der Waals surface area (Å²) in [5, 5.41) is 1.97. The summed E-state index contributed by atoms with van der Waals surface area (Å²) in [5.41, 5.74) is 0.859. The van der Waals surface area contributed by atoms with Gasteiger partial charge in [0.15, 0.2) is 0 Å². The summed E-state index contributed by atoms with van der Waals surface area (Å²) in [4.78, 5) is 14.7. The number of likely N-dealkylation sites (tertiary alicyclic amines) is 1. The SMILES string of the molecule is O=C(c1csc(Br)c1)N1CCCC2CCCC[C@H]21. The lowest BCUT2D eigenvalue weighted by molar-refractivity contribution is 0.0391. The van der Waals surface area contributed by atoms with E-state index in [4.69, 9.17) is 0 Å². The van der Waals surface area contributed by atoms with Gasteiger partial charge in [-0.2, -0.15) is 0 Å². The molecule has 0 N–H and O–H groups in total. The molecule has 4 heteroatoms. The fourth-order valence-corrected chi connectivity index (χ4v) is 4.60. The van der Waals surface area contributed by atoms with Gasteiger partial charge in [0.1, 0.15) is 0 Å². The van der Waals surface area contributed by atoms with Crippen LogP contribution >= 0.6 is 27.3 Å². The molecule has 3 rings (SSSR count). The van der Waals surface area contributed by atoms with Gasteiger partial charge in [0.2, 0.25) is 0 Å². The molecule has 0 radical (unpaired) electrons. The lowest BCUT2D eigenvalue weighted by Crippen LogP contribution is -2.49. The minimum atomic E-state index is 0.244. The van der Waals surface area contributed by atoms with Gasteiger partial charge in [0.05, 0.1) is 9.35 Å². The van der Waals surface area contributed by atoms with Crippen LogP contribution in [0.5, 0.6) is 0 Å². The maximum Gasteiger partial charge on any atom is 0.254 e. The number of amides is 1. The average molecular weight is 328 g/mol. The third-order valence-corrected chi connectivity index (χ3v) is 5.82. The van der Waals surface area contributed by atoms with Crippen molar-refractivity contribution in [3.05, 3.63) is 20.8 Å². The zero-order valence-corrected chi connectivity index (χ0v) is 12.8. The summed E-state index contributed by atoms with van der Waals surface area (Å²) in [6, 6.07) is 2.47. The molecule has 1 aromatic heterocycles. The second-order valence-electron chi connectivity index (χ2n) is 5.39. The normalized spacial score (nSPS) is 27.9. The molecule has 98 valence electrons. The Morgan fingerprint density at radius 1 is 1.28 bits per heavy atom. The van der Waals surface area contributed by atoms with E-state index in [-0.39, 0.29) is 5.91 Å². The molecular weight excluding hydrogens is 310 g/mol. The molecule has 2 fully saturated rings. The van der Waals surface area contributed by atoms with E-state index in [9.17, 15) is 4.79 Å². The maximum absolute atomic E-state index is 12.6. The molecule has 2 nitrogen and oxygen atoms in total. The van der Waals surface area contributed by atoms with E-state index in [1.807, 2.05) is 11.4 Å². The van der Waals surface area contributed by atoms with E-state index in [1.165, 1.54) is 38.5 Å². The molecule has 2 atom stereocenters. The summed E-state index contributed by atoms with van der Waals surface area (Å²) < 4.78 is 1.04. The third kappa shape index (κ3) is 2.37. The van der Waals surface area contributed by atoms with Gasteiger partial charge in [0.25, 0.3) is 5.91 Å². The first-order valence-electron chi connectivity index (χ1n) is 6.81. The summed E-state index contributed by atoms with van der Waals surface area (Å²) in [5.74, 6) is 1.01. The highest BCUT2D eigenvalue weighted by molar-refractivity contribution is 9.11. The standard InChI is InChI=1S/C14H18BrNOS/c15-13-8-11(9-18-13)14(17)16-7-3-5-10-4-1-2-6-12(10)16/h8-10,12H,1-7H2/t10?,12-/m1/s1. The highest BCUT2D eigenvalue weighted by Crippen LogP contribution is 2.36. The van der Waals surface area contributed by atoms with Crippen LogP contribution in [0.15, 0.2) is 15.2 Å². The molecule has 2 aliphatic rings. The van der Waals surface area contributed by atoms with Gasteiger partial charge < -0.3 is 4.90 Å². The highest BCUT2D eigenvalue weighted by Gasteiger charge is 2.36. The molecule has 0 spiro atoms. The molecule has 18 heavy (non-hydrogen) atoms. The zero-order valence-electron chi connectivity index (χ0n) is 10.4. The van der Waals surface area contributed by atoms with E-state index >= 15 is 0 Å². The van der Waals surface area contributed by atoms with Crippen LogP contribution in [0, 0.1) is 5.92 Å². The summed E-state index contributed by atoms with van der Waals surface area (Å²) in [7, 11) is 0. The predicted octanol–water partition coefficient (Wildman–Crippen LogP) is 4.31. The Morgan fingerprint density at radius 2 is 2.06 bits per heavy atom. The molecule has 2 heterocycles. The van der Waals surface area contributed by atoms with Crippen LogP contribution in [-0.4, -0.2) is 23.4 Å². The Morgan fingerprint density at radius 3 is 2.83 bits per heavy atom. The predicted molar refractivity (Wildman–Crippen MR) is 78.0 cm³/mol. The smallest absolute Gasteiger partial charge is 0.254 e. The number of piperidine rings is 1. The van der Waals surface area contributed by atoms with Crippen molar-refractivity contribution in [1.29, 1.82) is 0 Å². The molecular formula is C14H18BrNOS. The lowest BCUT2D eigenvalue weighted by atomic mass is 9.78. The average Bonchev–Trinajstić information content (AvgIpc) is 2.84. The van der Waals surface area contributed by atoms with Crippen molar-refractivity contribution < 1.29 is 4.79 Å². The molecule has 1 saturated heterocycles. The van der Waals surface area contributed by atoms with Crippen molar-refractivity contribution in [2.45, 2.75) is 44.6 Å². The van der Waals surface area contributed by atoms with Crippen molar-refractivity contribution in [2.75, 3.05) is 6.54 Å². The second kappa shape index (κ2) is 5.33. The van der Waals surface area contributed by atoms with Gasteiger partial charge in [-0.15, -0.1) is 11.3 Å². The van der Waals surface area contributed by atoms with Crippen LogP contribution < -0.4 is 0 Å². The molecule has 1 aromatic rings. The first-order chi connectivity index (χ1) is 8.75. The molecule has 1 amide bonds. The first-order valence-corrected chi connectivity index (χ1v) is 8.48. The Balaban J connectivity index is 1.79. The van der Waals surface area contributed by atoms with E-state index in [2.05, 4.69) is 20.8 Å². The Bertz CT molecular complexity index is 443. The minimum absolute atomic E-state index is 0.244. The summed E-state index contributed by atoms with van der Waals surface area (Å²) >= 11 is 5.04. The van der Waals surface area contributed by atoms with Gasteiger partial charge in [-0.3, -0.25) is 4.79 Å². The van der Waals surface area contributed by atoms with Crippen molar-refractivity contribution in [1.82, 2.24) is 4.90 Å². The zero-order chi connectivity index (χ0) is 12.5. The lowest BCUT2D eigenvalue weighted by Gasteiger charge is -2.44. The van der Waals surface area contributed by atoms with E-state index in [0.717, 1.165) is 21.8 Å². The van der Waals surface area contributed by atoms with Crippen LogP contribution in [0.25, 0.3) is 0 Å². The van der Waals surface area contributed by atoms with Gasteiger partial charge in [-0.05, 0) is 53.6 Å². The third-order valence-electron chi connectivity index (χ3n) is 4.32. The summed E-state index contributed by atoms with van der Waals surface area (Å²) in [6.07, 6.45) is 7.68. The second-order valence-corrected chi connectivity index (χ2v) is 7.68. The first kappa shape index (κ1) is 12.7. The fraction of sp³-hybridized carbons (Fsp3) is 0.643. The van der Waals surface area contributed by atoms with Crippen molar-refractivity contribution >= 4 is 33.2 Å². The van der Waals surface area contributed by atoms with Gasteiger partial charge in [-0.25, -0.2) is 0 Å². The van der Waals surface area contributed by atoms with Gasteiger partial charge >= 0.3 is 0 Å². The monoisotopic (exact) mass is 327 g/mol. The number of carbonyl (C=O) groups is 1. The van der Waals surface area contributed by atoms with Crippen LogP contribution in [0.2, 0.25) is 0 Å². The number of carbonyl (C=O) groups excluding carboxylic acids is 1. The number of thiophene rings is 1. The van der Waals surface area contributed by atoms with Crippen molar-refractivity contribution in [2.24, 2.45) is 5.92 Å². The minimum Gasteiger partial charge on any atom is -0.335 e. The fourth-order valence-electron chi connectivity index (χ4n) is 3.46. The molecule has 1 unspecified atom stereocenters. The van der Waals surface area contributed by atoms with Crippen LogP contribution in [-0.2, 0) is 0 Å². The molecule has 1 aliphatic heterocycles. The van der Waals surface area contributed by atoms with Crippen LogP contribution in [0.4, 0.5) is 0 Å². The van der Waals surface area contributed by atoms with E-state index in [0.29, 0.717) is 6.04 Å². The van der Waals surface area contributed by atoms with Crippen molar-refractivity contribution in [3.8, 4) is 0 Å². The van der Waals surface area contributed by atoms with Crippen molar-refractivity contribution in [3.63, 3.8) is 0 Å². The number of nitrogens with zero attached hydrogens (tertiary/aromatic N) is 1. The van der Waals surface area contributed by atoms with Gasteiger partial charge in [0, 0.05) is 18.0 Å².